The summed E-state index contributed by atoms with van der Waals surface area (Å²) in [7, 11) is 0. The molecule has 0 aromatic heterocycles. The molecule has 0 bridgehead atoms. The summed E-state index contributed by atoms with van der Waals surface area (Å²) < 4.78 is 10.8. The fourth-order valence-corrected chi connectivity index (χ4v) is 2.13. The van der Waals surface area contributed by atoms with Crippen LogP contribution in [0.3, 0.4) is 0 Å². The van der Waals surface area contributed by atoms with E-state index in [1.807, 2.05) is 0 Å². The van der Waals surface area contributed by atoms with Crippen molar-refractivity contribution in [3.63, 3.8) is 0 Å². The maximum Gasteiger partial charge on any atom is 0.147 e. The van der Waals surface area contributed by atoms with Crippen LogP contribution in [0.2, 0.25) is 0 Å². The Morgan fingerprint density at radius 3 is 2.53 bits per heavy atom. The molecule has 1 rings (SSSR count). The number of hydrogen-bond acceptors (Lipinski definition) is 2. The predicted octanol–water partition coefficient (Wildman–Crippen LogP) is 3.75. The van der Waals surface area contributed by atoms with E-state index in [4.69, 9.17) is 9.47 Å². The molecule has 0 spiro atoms. The van der Waals surface area contributed by atoms with Crippen LogP contribution in [0.15, 0.2) is 0 Å². The van der Waals surface area contributed by atoms with E-state index < -0.39 is 0 Å². The summed E-state index contributed by atoms with van der Waals surface area (Å²) in [6.07, 6.45) is 9.92. The minimum atomic E-state index is 0.398. The molecule has 90 valence electrons. The Morgan fingerprint density at radius 2 is 1.80 bits per heavy atom. The lowest BCUT2D eigenvalue weighted by Gasteiger charge is -2.28. The highest BCUT2D eigenvalue weighted by Gasteiger charge is 2.21. The second kappa shape index (κ2) is 8.12. The number of hydrogen-bond donors (Lipinski definition) is 0. The molecule has 0 unspecified atom stereocenters. The Balaban J connectivity index is 1.94. The predicted molar refractivity (Wildman–Crippen MR) is 62.8 cm³/mol. The van der Waals surface area contributed by atoms with Crippen molar-refractivity contribution in [2.45, 2.75) is 64.9 Å². The van der Waals surface area contributed by atoms with Crippen molar-refractivity contribution in [1.82, 2.24) is 0 Å². The molecule has 0 aromatic carbocycles. The minimum Gasteiger partial charge on any atom is -0.355 e. The molecular weight excluding hydrogens is 188 g/mol. The number of rotatable bonds is 7. The molecule has 2 atom stereocenters. The Hall–Kier alpha value is -0.0800. The summed E-state index contributed by atoms with van der Waals surface area (Å²) in [4.78, 5) is 0. The Kier molecular flexibility index (Phi) is 7.03. The van der Waals surface area contributed by atoms with Crippen molar-refractivity contribution in [2.24, 2.45) is 5.92 Å². The first-order valence-electron chi connectivity index (χ1n) is 6.54. The van der Waals surface area contributed by atoms with Gasteiger partial charge >= 0.3 is 0 Å². The average Bonchev–Trinajstić information content (AvgIpc) is 2.25. The normalized spacial score (nSPS) is 26.8. The zero-order valence-corrected chi connectivity index (χ0v) is 10.3. The molecule has 1 saturated heterocycles. The van der Waals surface area contributed by atoms with E-state index in [1.54, 1.807) is 0 Å². The molecule has 2 nitrogen and oxygen atoms in total. The van der Waals surface area contributed by atoms with Gasteiger partial charge in [0.2, 0.25) is 0 Å². The zero-order valence-electron chi connectivity index (χ0n) is 10.3. The summed E-state index contributed by atoms with van der Waals surface area (Å²) in [5, 5.41) is 0. The number of ether oxygens (including phenoxy) is 2. The molecule has 0 aliphatic carbocycles. The van der Waals surface area contributed by atoms with E-state index in [0.29, 0.717) is 18.8 Å². The van der Waals surface area contributed by atoms with E-state index in [-0.39, 0.29) is 0 Å². The van der Waals surface area contributed by atoms with Crippen LogP contribution in [0.4, 0.5) is 0 Å². The third kappa shape index (κ3) is 5.53. The lowest BCUT2D eigenvalue weighted by molar-refractivity contribution is -0.165. The minimum absolute atomic E-state index is 0.398. The van der Waals surface area contributed by atoms with Crippen LogP contribution in [-0.2, 0) is 9.47 Å². The fraction of sp³-hybridized carbons (Fsp3) is 1.00. The first-order valence-corrected chi connectivity index (χ1v) is 6.54. The third-order valence-electron chi connectivity index (χ3n) is 3.34. The highest BCUT2D eigenvalue weighted by Crippen LogP contribution is 2.20. The first-order chi connectivity index (χ1) is 7.34. The van der Waals surface area contributed by atoms with Crippen molar-refractivity contribution < 1.29 is 9.47 Å². The van der Waals surface area contributed by atoms with E-state index >= 15 is 0 Å². The maximum absolute atomic E-state index is 5.46. The summed E-state index contributed by atoms with van der Waals surface area (Å²) >= 11 is 0. The quantitative estimate of drug-likeness (QED) is 0.601. The average molecular weight is 214 g/mol. The molecule has 0 N–H and O–H groups in total. The van der Waals surface area contributed by atoms with Gasteiger partial charge in [-0.15, -0.1) is 0 Å². The zero-order chi connectivity index (χ0) is 10.9. The van der Waals surface area contributed by atoms with Crippen molar-refractivity contribution >= 4 is 0 Å². The molecule has 0 saturated carbocycles. The van der Waals surface area contributed by atoms with Gasteiger partial charge in [0, 0.05) is 5.92 Å². The van der Waals surface area contributed by atoms with Crippen LogP contribution in [-0.4, -0.2) is 19.5 Å². The Morgan fingerprint density at radius 1 is 1.07 bits per heavy atom. The Labute approximate surface area is 94.3 Å². The van der Waals surface area contributed by atoms with Gasteiger partial charge in [0.05, 0.1) is 12.7 Å². The molecule has 0 aromatic rings. The van der Waals surface area contributed by atoms with E-state index in [0.717, 1.165) is 6.61 Å². The first kappa shape index (κ1) is 13.0. The summed E-state index contributed by atoms with van der Waals surface area (Å²) in [5.74, 6) is 0.630. The third-order valence-corrected chi connectivity index (χ3v) is 3.34. The van der Waals surface area contributed by atoms with Gasteiger partial charge < -0.3 is 9.47 Å². The Bertz CT molecular complexity index is 147. The monoisotopic (exact) mass is 214 g/mol. The van der Waals surface area contributed by atoms with Crippen LogP contribution in [0.25, 0.3) is 0 Å². The lowest BCUT2D eigenvalue weighted by Crippen LogP contribution is -2.31. The van der Waals surface area contributed by atoms with Crippen molar-refractivity contribution in [3.8, 4) is 0 Å². The summed E-state index contributed by atoms with van der Waals surface area (Å²) in [6, 6.07) is 0. The van der Waals surface area contributed by atoms with Gasteiger partial charge in [-0.3, -0.25) is 0 Å². The van der Waals surface area contributed by atoms with Crippen molar-refractivity contribution in [1.29, 1.82) is 0 Å². The van der Waals surface area contributed by atoms with E-state index in [2.05, 4.69) is 13.8 Å². The summed E-state index contributed by atoms with van der Waals surface area (Å²) in [5.41, 5.74) is 0. The van der Waals surface area contributed by atoms with Gasteiger partial charge in [0.1, 0.15) is 6.79 Å². The van der Waals surface area contributed by atoms with Crippen LogP contribution >= 0.6 is 0 Å². The molecule has 0 radical (unpaired) electrons. The van der Waals surface area contributed by atoms with Crippen LogP contribution < -0.4 is 0 Å². The topological polar surface area (TPSA) is 18.5 Å². The van der Waals surface area contributed by atoms with Crippen LogP contribution in [0.1, 0.15) is 58.8 Å². The van der Waals surface area contributed by atoms with E-state index in [1.165, 1.54) is 44.9 Å². The molecule has 0 amide bonds. The van der Waals surface area contributed by atoms with Gasteiger partial charge in [-0.25, -0.2) is 0 Å². The molecule has 1 heterocycles. The molecular formula is C13H26O2. The van der Waals surface area contributed by atoms with Gasteiger partial charge in [-0.1, -0.05) is 45.4 Å². The fourth-order valence-electron chi connectivity index (χ4n) is 2.13. The van der Waals surface area contributed by atoms with Gasteiger partial charge in [-0.2, -0.15) is 0 Å². The highest BCUT2D eigenvalue weighted by atomic mass is 16.7. The summed E-state index contributed by atoms with van der Waals surface area (Å²) in [6.45, 7) is 5.83. The molecule has 1 aliphatic rings. The van der Waals surface area contributed by atoms with Crippen molar-refractivity contribution in [3.05, 3.63) is 0 Å². The van der Waals surface area contributed by atoms with E-state index in [9.17, 15) is 0 Å². The standard InChI is InChI=1S/C13H26O2/c1-3-4-5-6-7-8-9-13-10-14-11-15-12(13)2/h12-13H,3-11H2,1-2H3/t12-,13-/m0/s1. The van der Waals surface area contributed by atoms with Gasteiger partial charge in [0.15, 0.2) is 0 Å². The lowest BCUT2D eigenvalue weighted by atomic mass is 9.96. The SMILES string of the molecule is CCCCCCCC[C@H]1COCO[C@H]1C. The molecule has 2 heteroatoms. The van der Waals surface area contributed by atoms with Gasteiger partial charge in [-0.05, 0) is 13.3 Å². The maximum atomic E-state index is 5.46. The largest absolute Gasteiger partial charge is 0.355 e. The molecule has 1 fully saturated rings. The molecule has 15 heavy (non-hydrogen) atoms. The smallest absolute Gasteiger partial charge is 0.147 e. The van der Waals surface area contributed by atoms with Crippen LogP contribution in [0, 0.1) is 5.92 Å². The number of unbranched alkanes of at least 4 members (excludes halogenated alkanes) is 5. The van der Waals surface area contributed by atoms with Crippen LogP contribution in [0.5, 0.6) is 0 Å². The highest BCUT2D eigenvalue weighted by molar-refractivity contribution is 4.68. The molecule has 1 aliphatic heterocycles. The van der Waals surface area contributed by atoms with Crippen molar-refractivity contribution in [2.75, 3.05) is 13.4 Å². The second-order valence-corrected chi connectivity index (χ2v) is 4.68. The second-order valence-electron chi connectivity index (χ2n) is 4.68. The van der Waals surface area contributed by atoms with Gasteiger partial charge in [0.25, 0.3) is 0 Å².